The average Bonchev–Trinajstić information content (AvgIpc) is 2.15. The summed E-state index contributed by atoms with van der Waals surface area (Å²) in [5.74, 6) is -0.269. The number of rotatable bonds is 8. The number of aliphatic hydroxyl groups excluding tert-OH is 2. The van der Waals surface area contributed by atoms with Crippen LogP contribution in [0, 0.1) is 5.92 Å². The Bertz CT molecular complexity index is 302. The number of aliphatic hydroxyl groups is 2. The van der Waals surface area contributed by atoms with Crippen LogP contribution in [0.1, 0.15) is 26.2 Å². The highest BCUT2D eigenvalue weighted by molar-refractivity contribution is 7.89. The molecular weight excluding hydrogens is 230 g/mol. The monoisotopic (exact) mass is 251 g/mol. The largest absolute Gasteiger partial charge is 0.396 e. The lowest BCUT2D eigenvalue weighted by atomic mass is 9.94. The summed E-state index contributed by atoms with van der Waals surface area (Å²) in [5, 5.41) is 22.5. The Hall–Kier alpha value is -0.430. The minimum Gasteiger partial charge on any atom is -0.396 e. The zero-order chi connectivity index (χ0) is 12.8. The first-order chi connectivity index (χ1) is 7.32. The fraction of sp³-hybridized carbons (Fsp3) is 0.800. The lowest BCUT2D eigenvalue weighted by Gasteiger charge is -2.23. The van der Waals surface area contributed by atoms with E-state index >= 15 is 0 Å². The second-order valence-electron chi connectivity index (χ2n) is 3.98. The molecule has 0 aliphatic carbocycles. The summed E-state index contributed by atoms with van der Waals surface area (Å²) in [6.07, 6.45) is 1.91. The van der Waals surface area contributed by atoms with Crippen LogP contribution < -0.4 is 5.14 Å². The summed E-state index contributed by atoms with van der Waals surface area (Å²) >= 11 is 0. The molecule has 0 saturated heterocycles. The SMILES string of the molecule is C=CC[C@H](C[C@@H](O)CCO)[C@@H](C)S(N)(=O)=O. The molecule has 0 fully saturated rings. The Balaban J connectivity index is 4.54. The molecule has 96 valence electrons. The van der Waals surface area contributed by atoms with Gasteiger partial charge in [-0.3, -0.25) is 0 Å². The Morgan fingerprint density at radius 1 is 1.50 bits per heavy atom. The first kappa shape index (κ1) is 15.6. The van der Waals surface area contributed by atoms with Crippen molar-refractivity contribution in [1.29, 1.82) is 0 Å². The van der Waals surface area contributed by atoms with Crippen molar-refractivity contribution in [3.05, 3.63) is 12.7 Å². The standard InChI is InChI=1S/C10H21NO4S/c1-3-4-9(7-10(13)5-6-12)8(2)16(11,14)15/h3,8-10,12-13H,1,4-7H2,2H3,(H2,11,14,15)/t8-,9-,10+/m1/s1. The van der Waals surface area contributed by atoms with E-state index in [1.165, 1.54) is 6.92 Å². The van der Waals surface area contributed by atoms with Gasteiger partial charge in [0.15, 0.2) is 0 Å². The summed E-state index contributed by atoms with van der Waals surface area (Å²) in [5.41, 5.74) is 0. The molecule has 0 heterocycles. The molecule has 16 heavy (non-hydrogen) atoms. The van der Waals surface area contributed by atoms with E-state index in [-0.39, 0.29) is 18.9 Å². The molecule has 0 radical (unpaired) electrons. The van der Waals surface area contributed by atoms with E-state index in [1.807, 2.05) is 0 Å². The number of nitrogens with two attached hydrogens (primary N) is 1. The van der Waals surface area contributed by atoms with Gasteiger partial charge in [-0.15, -0.1) is 6.58 Å². The van der Waals surface area contributed by atoms with Crippen LogP contribution in [0.2, 0.25) is 0 Å². The van der Waals surface area contributed by atoms with Crippen LogP contribution in [-0.2, 0) is 10.0 Å². The zero-order valence-electron chi connectivity index (χ0n) is 9.54. The van der Waals surface area contributed by atoms with Crippen LogP contribution in [-0.4, -0.2) is 36.6 Å². The van der Waals surface area contributed by atoms with Crippen molar-refractivity contribution < 1.29 is 18.6 Å². The Kier molecular flexibility index (Phi) is 6.82. The number of sulfonamides is 1. The second-order valence-corrected chi connectivity index (χ2v) is 5.90. The van der Waals surface area contributed by atoms with Gasteiger partial charge in [0.2, 0.25) is 10.0 Å². The Morgan fingerprint density at radius 2 is 2.06 bits per heavy atom. The fourth-order valence-corrected chi connectivity index (χ4v) is 2.34. The third kappa shape index (κ3) is 5.60. The summed E-state index contributed by atoms with van der Waals surface area (Å²) in [6, 6.07) is 0. The molecule has 3 atom stereocenters. The van der Waals surface area contributed by atoms with Gasteiger partial charge in [0.1, 0.15) is 0 Å². The van der Waals surface area contributed by atoms with E-state index in [0.29, 0.717) is 12.8 Å². The van der Waals surface area contributed by atoms with Crippen LogP contribution >= 0.6 is 0 Å². The van der Waals surface area contributed by atoms with E-state index in [1.54, 1.807) is 6.08 Å². The van der Waals surface area contributed by atoms with Gasteiger partial charge >= 0.3 is 0 Å². The van der Waals surface area contributed by atoms with Crippen LogP contribution in [0.5, 0.6) is 0 Å². The van der Waals surface area contributed by atoms with Crippen LogP contribution in [0.4, 0.5) is 0 Å². The summed E-state index contributed by atoms with van der Waals surface area (Å²) in [6.45, 7) is 4.96. The molecule has 0 spiro atoms. The predicted molar refractivity (Wildman–Crippen MR) is 63.2 cm³/mol. The maximum absolute atomic E-state index is 11.2. The third-order valence-electron chi connectivity index (χ3n) is 2.69. The van der Waals surface area contributed by atoms with Gasteiger partial charge in [-0.25, -0.2) is 13.6 Å². The van der Waals surface area contributed by atoms with E-state index in [2.05, 4.69) is 6.58 Å². The van der Waals surface area contributed by atoms with Crippen molar-refractivity contribution in [2.45, 2.75) is 37.5 Å². The van der Waals surface area contributed by atoms with E-state index in [4.69, 9.17) is 10.2 Å². The molecule has 0 aromatic carbocycles. The molecule has 0 unspecified atom stereocenters. The quantitative estimate of drug-likeness (QED) is 0.528. The molecule has 0 saturated carbocycles. The highest BCUT2D eigenvalue weighted by Gasteiger charge is 2.27. The van der Waals surface area contributed by atoms with Crippen molar-refractivity contribution in [2.75, 3.05) is 6.61 Å². The van der Waals surface area contributed by atoms with Gasteiger partial charge in [-0.2, -0.15) is 0 Å². The molecule has 0 aliphatic rings. The maximum Gasteiger partial charge on any atom is 0.211 e. The molecule has 0 amide bonds. The fourth-order valence-electron chi connectivity index (χ4n) is 1.58. The van der Waals surface area contributed by atoms with Crippen LogP contribution in [0.15, 0.2) is 12.7 Å². The van der Waals surface area contributed by atoms with Gasteiger partial charge in [-0.05, 0) is 32.1 Å². The van der Waals surface area contributed by atoms with E-state index in [9.17, 15) is 13.5 Å². The molecule has 0 aliphatic heterocycles. The smallest absolute Gasteiger partial charge is 0.211 e. The summed E-state index contributed by atoms with van der Waals surface area (Å²) < 4.78 is 22.4. The maximum atomic E-state index is 11.2. The third-order valence-corrected chi connectivity index (χ3v) is 4.11. The molecule has 0 rings (SSSR count). The normalized spacial score (nSPS) is 17.8. The number of hydrogen-bond acceptors (Lipinski definition) is 4. The van der Waals surface area contributed by atoms with E-state index < -0.39 is 21.4 Å². The minimum atomic E-state index is -3.61. The Labute approximate surface area is 97.0 Å². The Morgan fingerprint density at radius 3 is 2.44 bits per heavy atom. The molecule has 4 N–H and O–H groups in total. The first-order valence-corrected chi connectivity index (χ1v) is 6.85. The van der Waals surface area contributed by atoms with Gasteiger partial charge in [0.05, 0.1) is 11.4 Å². The van der Waals surface area contributed by atoms with Crippen LogP contribution in [0.25, 0.3) is 0 Å². The van der Waals surface area contributed by atoms with Crippen LogP contribution in [0.3, 0.4) is 0 Å². The summed E-state index contributed by atoms with van der Waals surface area (Å²) in [7, 11) is -3.61. The molecule has 0 bridgehead atoms. The van der Waals surface area contributed by atoms with Crippen molar-refractivity contribution in [3.8, 4) is 0 Å². The highest BCUT2D eigenvalue weighted by Crippen LogP contribution is 2.21. The molecule has 0 aromatic rings. The number of primary sulfonamides is 1. The van der Waals surface area contributed by atoms with Gasteiger partial charge in [-0.1, -0.05) is 6.08 Å². The lowest BCUT2D eigenvalue weighted by molar-refractivity contribution is 0.108. The molecule has 5 nitrogen and oxygen atoms in total. The summed E-state index contributed by atoms with van der Waals surface area (Å²) in [4.78, 5) is 0. The topological polar surface area (TPSA) is 101 Å². The first-order valence-electron chi connectivity index (χ1n) is 5.24. The van der Waals surface area contributed by atoms with Gasteiger partial charge in [0, 0.05) is 6.61 Å². The van der Waals surface area contributed by atoms with E-state index in [0.717, 1.165) is 0 Å². The molecule has 6 heteroatoms. The number of allylic oxidation sites excluding steroid dienone is 1. The molecule has 0 aromatic heterocycles. The molecular formula is C10H21NO4S. The van der Waals surface area contributed by atoms with Crippen molar-refractivity contribution in [2.24, 2.45) is 11.1 Å². The average molecular weight is 251 g/mol. The van der Waals surface area contributed by atoms with Gasteiger partial charge < -0.3 is 10.2 Å². The highest BCUT2D eigenvalue weighted by atomic mass is 32.2. The van der Waals surface area contributed by atoms with Crippen molar-refractivity contribution in [3.63, 3.8) is 0 Å². The van der Waals surface area contributed by atoms with Crippen molar-refractivity contribution >= 4 is 10.0 Å². The van der Waals surface area contributed by atoms with Gasteiger partial charge in [0.25, 0.3) is 0 Å². The number of hydrogen-bond donors (Lipinski definition) is 3. The van der Waals surface area contributed by atoms with Crippen molar-refractivity contribution in [1.82, 2.24) is 0 Å². The second kappa shape index (κ2) is 7.01. The zero-order valence-corrected chi connectivity index (χ0v) is 10.4. The minimum absolute atomic E-state index is 0.119. The predicted octanol–water partition coefficient (Wildman–Crippen LogP) is -0.0109. The lowest BCUT2D eigenvalue weighted by Crippen LogP contribution is -2.34.